The lowest BCUT2D eigenvalue weighted by atomic mass is 9.94. The van der Waals surface area contributed by atoms with Crippen molar-refractivity contribution < 1.29 is 23.9 Å². The highest BCUT2D eigenvalue weighted by molar-refractivity contribution is 7.20. The highest BCUT2D eigenvalue weighted by Gasteiger charge is 2.28. The molecule has 0 aliphatic carbocycles. The Morgan fingerprint density at radius 2 is 1.64 bits per heavy atom. The van der Waals surface area contributed by atoms with Crippen LogP contribution in [0.15, 0.2) is 73.1 Å². The highest BCUT2D eigenvalue weighted by Crippen LogP contribution is 2.33. The van der Waals surface area contributed by atoms with Crippen LogP contribution in [0.1, 0.15) is 63.9 Å². The van der Waals surface area contributed by atoms with Gasteiger partial charge in [-0.05, 0) is 51.5 Å². The molecule has 0 saturated heterocycles. The van der Waals surface area contributed by atoms with Crippen molar-refractivity contribution in [3.8, 4) is 0 Å². The van der Waals surface area contributed by atoms with Gasteiger partial charge in [0.2, 0.25) is 0 Å². The van der Waals surface area contributed by atoms with Crippen LogP contribution in [-0.2, 0) is 17.3 Å². The van der Waals surface area contributed by atoms with Crippen molar-refractivity contribution in [2.75, 3.05) is 10.6 Å². The number of hydrogen-bond donors (Lipinski definition) is 3. The lowest BCUT2D eigenvalue weighted by Gasteiger charge is -2.26. The molecule has 0 fully saturated rings. The molecular formula is C31H31N7O5S. The molecule has 226 valence electrons. The van der Waals surface area contributed by atoms with E-state index in [1.807, 2.05) is 44.2 Å². The lowest BCUT2D eigenvalue weighted by molar-refractivity contribution is 0.0914. The molecule has 0 radical (unpaired) electrons. The minimum absolute atomic E-state index is 0.0496. The van der Waals surface area contributed by atoms with Gasteiger partial charge in [-0.15, -0.1) is 16.4 Å². The zero-order chi connectivity index (χ0) is 31.6. The largest absolute Gasteiger partial charge is 0.445 e. The molecule has 0 saturated carbocycles. The second-order valence-corrected chi connectivity index (χ2v) is 11.8. The van der Waals surface area contributed by atoms with E-state index < -0.39 is 29.6 Å². The van der Waals surface area contributed by atoms with Gasteiger partial charge in [-0.25, -0.2) is 9.78 Å². The first-order valence-corrected chi connectivity index (χ1v) is 14.6. The topological polar surface area (TPSA) is 149 Å². The number of ether oxygens (including phenoxy) is 1. The molecule has 3 heterocycles. The summed E-state index contributed by atoms with van der Waals surface area (Å²) in [5.74, 6) is -1.22. The van der Waals surface area contributed by atoms with Crippen molar-refractivity contribution in [1.82, 2.24) is 24.6 Å². The van der Waals surface area contributed by atoms with E-state index in [9.17, 15) is 19.2 Å². The van der Waals surface area contributed by atoms with Gasteiger partial charge in [0.15, 0.2) is 11.6 Å². The van der Waals surface area contributed by atoms with Crippen molar-refractivity contribution in [3.05, 3.63) is 94.9 Å². The molecule has 0 atom stereocenters. The van der Waals surface area contributed by atoms with Crippen LogP contribution in [0.4, 0.5) is 16.3 Å². The second kappa shape index (κ2) is 12.1. The molecule has 0 bridgehead atoms. The lowest BCUT2D eigenvalue weighted by Crippen LogP contribution is -2.40. The number of aromatic nitrogens is 4. The maximum Gasteiger partial charge on any atom is 0.436 e. The third-order valence-electron chi connectivity index (χ3n) is 6.69. The van der Waals surface area contributed by atoms with Gasteiger partial charge in [-0.3, -0.25) is 14.4 Å². The number of carbonyl (C=O) groups is 4. The standard InChI is InChI=1S/C31H31N7O5S/c1-18(2)43-30(42)38-29-21(17-23(44-29)27(40)35-31(3,4)19-11-7-6-8-12-19)24(36-38)34-26(39)20-13-9-10-14-22(20)33-28(41)25-32-15-16-37(25)5/h6-18H,1-5H3,(H,33,41)(H,35,40)(H,34,36,39). The Balaban J connectivity index is 1.46. The number of rotatable bonds is 8. The molecule has 5 rings (SSSR count). The Labute approximate surface area is 257 Å². The number of aryl methyl sites for hydroxylation is 1. The number of benzene rings is 2. The van der Waals surface area contributed by atoms with E-state index in [0.29, 0.717) is 15.1 Å². The average Bonchev–Trinajstić information content (AvgIpc) is 3.69. The van der Waals surface area contributed by atoms with E-state index >= 15 is 0 Å². The van der Waals surface area contributed by atoms with E-state index in [1.165, 1.54) is 6.20 Å². The molecule has 3 aromatic heterocycles. The fourth-order valence-electron chi connectivity index (χ4n) is 4.49. The summed E-state index contributed by atoms with van der Waals surface area (Å²) in [6, 6.07) is 17.6. The van der Waals surface area contributed by atoms with E-state index in [1.54, 1.807) is 62.0 Å². The molecule has 3 amide bonds. The number of fused-ring (bicyclic) bond motifs is 1. The highest BCUT2D eigenvalue weighted by atomic mass is 32.1. The molecule has 0 aliphatic heterocycles. The van der Waals surface area contributed by atoms with Crippen LogP contribution in [0, 0.1) is 0 Å². The maximum atomic E-state index is 13.5. The van der Waals surface area contributed by atoms with Crippen LogP contribution in [0.25, 0.3) is 10.2 Å². The van der Waals surface area contributed by atoms with E-state index in [-0.39, 0.29) is 28.8 Å². The molecule has 2 aromatic carbocycles. The van der Waals surface area contributed by atoms with Crippen LogP contribution >= 0.6 is 11.3 Å². The third-order valence-corrected chi connectivity index (χ3v) is 7.80. The van der Waals surface area contributed by atoms with Gasteiger partial charge in [0.25, 0.3) is 17.7 Å². The summed E-state index contributed by atoms with van der Waals surface area (Å²) in [6.07, 6.45) is 1.95. The average molecular weight is 614 g/mol. The Bertz CT molecular complexity index is 1870. The number of carbonyl (C=O) groups excluding carboxylic acids is 4. The number of imidazole rings is 1. The summed E-state index contributed by atoms with van der Waals surface area (Å²) in [4.78, 5) is 57.4. The van der Waals surface area contributed by atoms with Crippen LogP contribution in [0.5, 0.6) is 0 Å². The molecule has 13 heteroatoms. The van der Waals surface area contributed by atoms with Gasteiger partial charge in [-0.1, -0.05) is 42.5 Å². The van der Waals surface area contributed by atoms with Gasteiger partial charge in [-0.2, -0.15) is 4.68 Å². The first kappa shape index (κ1) is 30.2. The summed E-state index contributed by atoms with van der Waals surface area (Å²) in [6.45, 7) is 7.20. The Morgan fingerprint density at radius 3 is 2.32 bits per heavy atom. The quantitative estimate of drug-likeness (QED) is 0.212. The fourth-order valence-corrected chi connectivity index (χ4v) is 5.48. The number of para-hydroxylation sites is 1. The summed E-state index contributed by atoms with van der Waals surface area (Å²) in [5.41, 5.74) is 0.640. The summed E-state index contributed by atoms with van der Waals surface area (Å²) < 4.78 is 7.95. The Morgan fingerprint density at radius 1 is 0.932 bits per heavy atom. The van der Waals surface area contributed by atoms with Gasteiger partial charge >= 0.3 is 6.09 Å². The van der Waals surface area contributed by atoms with Crippen LogP contribution < -0.4 is 16.0 Å². The summed E-state index contributed by atoms with van der Waals surface area (Å²) >= 11 is 1.05. The normalized spacial score (nSPS) is 11.4. The van der Waals surface area contributed by atoms with Crippen molar-refractivity contribution in [1.29, 1.82) is 0 Å². The predicted octanol–water partition coefficient (Wildman–Crippen LogP) is 5.39. The van der Waals surface area contributed by atoms with E-state index in [4.69, 9.17) is 4.74 Å². The van der Waals surface area contributed by atoms with Crippen molar-refractivity contribution in [2.24, 2.45) is 7.05 Å². The maximum absolute atomic E-state index is 13.5. The van der Waals surface area contributed by atoms with E-state index in [0.717, 1.165) is 21.6 Å². The number of anilines is 2. The zero-order valence-corrected chi connectivity index (χ0v) is 25.6. The monoisotopic (exact) mass is 613 g/mol. The van der Waals surface area contributed by atoms with Crippen molar-refractivity contribution in [2.45, 2.75) is 39.3 Å². The molecule has 0 unspecified atom stereocenters. The zero-order valence-electron chi connectivity index (χ0n) is 24.7. The van der Waals surface area contributed by atoms with Gasteiger partial charge in [0.05, 0.1) is 33.2 Å². The predicted molar refractivity (Wildman–Crippen MR) is 167 cm³/mol. The minimum atomic E-state index is -0.758. The van der Waals surface area contributed by atoms with Gasteiger partial charge in [0.1, 0.15) is 4.83 Å². The fraction of sp³-hybridized carbons (Fsp3) is 0.226. The number of thiophene rings is 1. The molecule has 44 heavy (non-hydrogen) atoms. The molecule has 3 N–H and O–H groups in total. The van der Waals surface area contributed by atoms with Crippen LogP contribution in [0.2, 0.25) is 0 Å². The van der Waals surface area contributed by atoms with Crippen molar-refractivity contribution >= 4 is 56.9 Å². The van der Waals surface area contributed by atoms with Gasteiger partial charge < -0.3 is 25.3 Å². The Hall–Kier alpha value is -5.30. The smallest absolute Gasteiger partial charge is 0.436 e. The molecule has 12 nitrogen and oxygen atoms in total. The molecule has 0 spiro atoms. The summed E-state index contributed by atoms with van der Waals surface area (Å²) in [5, 5.41) is 13.2. The van der Waals surface area contributed by atoms with Gasteiger partial charge in [0, 0.05) is 19.4 Å². The van der Waals surface area contributed by atoms with E-state index in [2.05, 4.69) is 26.0 Å². The molecular weight excluding hydrogens is 582 g/mol. The number of amides is 3. The summed E-state index contributed by atoms with van der Waals surface area (Å²) in [7, 11) is 1.68. The van der Waals surface area contributed by atoms with Crippen LogP contribution in [0.3, 0.4) is 0 Å². The first-order chi connectivity index (χ1) is 20.9. The van der Waals surface area contributed by atoms with Crippen molar-refractivity contribution in [3.63, 3.8) is 0 Å². The number of nitrogens with one attached hydrogen (secondary N) is 3. The first-order valence-electron chi connectivity index (χ1n) is 13.7. The minimum Gasteiger partial charge on any atom is -0.445 e. The number of nitrogens with zero attached hydrogens (tertiary/aromatic N) is 4. The second-order valence-electron chi connectivity index (χ2n) is 10.8. The Kier molecular flexibility index (Phi) is 8.32. The number of hydrogen-bond acceptors (Lipinski definition) is 8. The van der Waals surface area contributed by atoms with Crippen LogP contribution in [-0.4, -0.2) is 49.3 Å². The molecule has 5 aromatic rings. The third kappa shape index (κ3) is 6.22. The SMILES string of the molecule is CC(C)OC(=O)n1nc(NC(=O)c2ccccc2NC(=O)c2nccn2C)c2cc(C(=O)NC(C)(C)c3ccccc3)sc21. The molecule has 0 aliphatic rings.